The van der Waals surface area contributed by atoms with Gasteiger partial charge in [0.25, 0.3) is 11.1 Å². The molecule has 12 nitrogen and oxygen atoms in total. The minimum absolute atomic E-state index is 0.276. The first kappa shape index (κ1) is 47.2. The Labute approximate surface area is 375 Å². The van der Waals surface area contributed by atoms with E-state index in [1.54, 1.807) is 50.6 Å². The molecule has 0 radical (unpaired) electrons. The average Bonchev–Trinajstić information content (AvgIpc) is 3.21. The number of nitrogens with one attached hydrogen (secondary N) is 4. The fraction of sp³-hybridized carbons (Fsp3) is 0.333. The van der Waals surface area contributed by atoms with Crippen molar-refractivity contribution >= 4 is 91.0 Å². The molecule has 0 saturated heterocycles. The van der Waals surface area contributed by atoms with Gasteiger partial charge in [-0.3, -0.25) is 9.59 Å². The van der Waals surface area contributed by atoms with Crippen LogP contribution in [-0.2, 0) is 0 Å². The number of anilines is 4. The number of H-pyrrole nitrogens is 2. The van der Waals surface area contributed by atoms with Crippen molar-refractivity contribution in [2.45, 2.75) is 32.1 Å². The summed E-state index contributed by atoms with van der Waals surface area (Å²) in [4.78, 5) is 34.9. The van der Waals surface area contributed by atoms with Crippen molar-refractivity contribution < 1.29 is 18.9 Å². The predicted octanol–water partition coefficient (Wildman–Crippen LogP) is 11.0. The van der Waals surface area contributed by atoms with E-state index in [0.717, 1.165) is 56.0 Å². The van der Waals surface area contributed by atoms with Gasteiger partial charge in [-0.05, 0) is 122 Å². The second kappa shape index (κ2) is 22.9. The van der Waals surface area contributed by atoms with Crippen LogP contribution in [0, 0.1) is 0 Å². The van der Waals surface area contributed by atoms with Gasteiger partial charge in [0.2, 0.25) is 0 Å². The first-order chi connectivity index (χ1) is 29.3. The van der Waals surface area contributed by atoms with Crippen molar-refractivity contribution in [3.63, 3.8) is 0 Å². The summed E-state index contributed by atoms with van der Waals surface area (Å²) in [6.45, 7) is 3.07. The lowest BCUT2D eigenvalue weighted by Gasteiger charge is -2.17. The minimum Gasteiger partial charge on any atom is -0.493 e. The van der Waals surface area contributed by atoms with Crippen molar-refractivity contribution in [3.8, 4) is 23.0 Å². The molecule has 4 N–H and O–H groups in total. The number of benzene rings is 4. The van der Waals surface area contributed by atoms with Gasteiger partial charge >= 0.3 is 0 Å². The molecule has 0 aliphatic rings. The third-order valence-corrected chi connectivity index (χ3v) is 10.8. The summed E-state index contributed by atoms with van der Waals surface area (Å²) < 4.78 is 23.1. The zero-order valence-corrected chi connectivity index (χ0v) is 38.2. The Bertz CT molecular complexity index is 2490. The van der Waals surface area contributed by atoms with Gasteiger partial charge < -0.3 is 49.3 Å². The molecule has 0 aliphatic carbocycles. The normalized spacial score (nSPS) is 11.1. The number of hydrogen-bond acceptors (Lipinski definition) is 10. The highest BCUT2D eigenvalue weighted by Crippen LogP contribution is 2.41. The van der Waals surface area contributed by atoms with Crippen LogP contribution in [0.4, 0.5) is 22.7 Å². The minimum atomic E-state index is -0.279. The summed E-state index contributed by atoms with van der Waals surface area (Å²) in [5.74, 6) is 2.13. The van der Waals surface area contributed by atoms with Crippen LogP contribution in [0.15, 0.2) is 82.4 Å². The van der Waals surface area contributed by atoms with Crippen molar-refractivity contribution in [1.29, 1.82) is 0 Å². The number of halogens is 4. The van der Waals surface area contributed by atoms with E-state index < -0.39 is 0 Å². The van der Waals surface area contributed by atoms with Gasteiger partial charge in [-0.15, -0.1) is 0 Å². The summed E-state index contributed by atoms with van der Waals surface area (Å²) >= 11 is 25.2. The van der Waals surface area contributed by atoms with Gasteiger partial charge in [-0.2, -0.15) is 0 Å². The molecule has 0 spiro atoms. The number of ether oxygens (including phenoxy) is 4. The molecular formula is C45H52Cl4N6O6. The van der Waals surface area contributed by atoms with E-state index in [1.807, 2.05) is 38.4 Å². The number of para-hydroxylation sites is 2. The Morgan fingerprint density at radius 3 is 1.30 bits per heavy atom. The fourth-order valence-electron chi connectivity index (χ4n) is 6.46. The highest BCUT2D eigenvalue weighted by Gasteiger charge is 2.18. The summed E-state index contributed by atoms with van der Waals surface area (Å²) in [6.07, 6.45) is 4.96. The van der Waals surface area contributed by atoms with E-state index in [9.17, 15) is 9.59 Å². The number of rotatable bonds is 19. The van der Waals surface area contributed by atoms with Gasteiger partial charge in [0.05, 0.1) is 81.3 Å². The monoisotopic (exact) mass is 912 g/mol. The lowest BCUT2D eigenvalue weighted by atomic mass is 10.1. The molecule has 0 unspecified atom stereocenters. The van der Waals surface area contributed by atoms with Crippen LogP contribution in [0.5, 0.6) is 23.0 Å². The fourth-order valence-corrected chi connectivity index (χ4v) is 7.45. The van der Waals surface area contributed by atoms with Crippen molar-refractivity contribution in [3.05, 3.63) is 114 Å². The number of pyridine rings is 2. The van der Waals surface area contributed by atoms with Crippen LogP contribution in [0.25, 0.3) is 21.8 Å². The standard InChI is InChI=1S/C23H27Cl2N3O3.C22H25Cl2N3O3/c1-28(2)12-5-4-6-13-31-23-19(30-3)11-10-15-18(14-20(29)27-21(15)23)26-22-16(24)8-7-9-17(22)25;1-27(2)11-4-5-12-30-22-18(29-3)10-9-14-17(13-19(28)26-20(14)22)25-21-15(23)7-6-8-16(21)24/h7-11,14H,4-6,12-13H2,1-3H3,(H2,26,27,29);6-10,13H,4-5,11-12H2,1-3H3,(H2,25,26,28). The summed E-state index contributed by atoms with van der Waals surface area (Å²) in [6, 6.07) is 20.8. The highest BCUT2D eigenvalue weighted by atomic mass is 35.5. The Morgan fingerprint density at radius 2 is 0.918 bits per heavy atom. The Hall–Kier alpha value is -4.82. The van der Waals surface area contributed by atoms with Crippen LogP contribution in [0.2, 0.25) is 20.1 Å². The second-order valence-electron chi connectivity index (χ2n) is 14.6. The predicted molar refractivity (Wildman–Crippen MR) is 253 cm³/mol. The number of fused-ring (bicyclic) bond motifs is 2. The maximum atomic E-state index is 12.4. The largest absolute Gasteiger partial charge is 0.493 e. The molecule has 0 saturated carbocycles. The molecule has 0 aliphatic heterocycles. The Balaban J connectivity index is 0.000000231. The lowest BCUT2D eigenvalue weighted by Crippen LogP contribution is -2.14. The number of aromatic amines is 2. The zero-order valence-electron chi connectivity index (χ0n) is 35.1. The van der Waals surface area contributed by atoms with Gasteiger partial charge in [0, 0.05) is 22.9 Å². The number of nitrogens with zero attached hydrogens (tertiary/aromatic N) is 2. The molecule has 2 heterocycles. The molecule has 0 bridgehead atoms. The maximum Gasteiger partial charge on any atom is 0.250 e. The number of methoxy groups -OCH3 is 2. The topological polar surface area (TPSA) is 133 Å². The first-order valence-corrected chi connectivity index (χ1v) is 21.3. The average molecular weight is 915 g/mol. The molecule has 6 aromatic rings. The first-order valence-electron chi connectivity index (χ1n) is 19.8. The van der Waals surface area contributed by atoms with Crippen LogP contribution in [0.1, 0.15) is 32.1 Å². The van der Waals surface area contributed by atoms with E-state index in [1.165, 1.54) is 12.1 Å². The van der Waals surface area contributed by atoms with Gasteiger partial charge in [-0.25, -0.2) is 0 Å². The van der Waals surface area contributed by atoms with Crippen LogP contribution >= 0.6 is 46.4 Å². The Kier molecular flexibility index (Phi) is 17.7. The molecular weight excluding hydrogens is 862 g/mol. The van der Waals surface area contributed by atoms with E-state index >= 15 is 0 Å². The van der Waals surface area contributed by atoms with E-state index in [2.05, 4.69) is 44.5 Å². The van der Waals surface area contributed by atoms with Crippen molar-refractivity contribution in [1.82, 2.24) is 19.8 Å². The molecule has 61 heavy (non-hydrogen) atoms. The van der Waals surface area contributed by atoms with E-state index in [0.29, 0.717) is 90.1 Å². The molecule has 4 aromatic carbocycles. The molecule has 0 fully saturated rings. The van der Waals surface area contributed by atoms with Crippen LogP contribution in [-0.4, -0.2) is 88.5 Å². The lowest BCUT2D eigenvalue weighted by molar-refractivity contribution is 0.280. The molecule has 326 valence electrons. The van der Waals surface area contributed by atoms with Crippen molar-refractivity contribution in [2.24, 2.45) is 0 Å². The molecule has 0 atom stereocenters. The van der Waals surface area contributed by atoms with Crippen LogP contribution < -0.4 is 40.7 Å². The maximum absolute atomic E-state index is 12.4. The summed E-state index contributed by atoms with van der Waals surface area (Å²) in [5, 5.41) is 9.76. The van der Waals surface area contributed by atoms with Gasteiger partial charge in [0.15, 0.2) is 23.0 Å². The quantitative estimate of drug-likeness (QED) is 0.0582. The third kappa shape index (κ3) is 12.9. The third-order valence-electron chi connectivity index (χ3n) is 9.50. The SMILES string of the molecule is COc1ccc2c(Nc3c(Cl)cccc3Cl)cc(=O)[nH]c2c1OCCCCCN(C)C.COc1ccc2c(Nc3c(Cl)cccc3Cl)cc(=O)[nH]c2c1OCCCCN(C)C. The van der Waals surface area contributed by atoms with Crippen molar-refractivity contribution in [2.75, 3.05) is 79.3 Å². The zero-order chi connectivity index (χ0) is 44.1. The van der Waals surface area contributed by atoms with Crippen LogP contribution in [0.3, 0.4) is 0 Å². The van der Waals surface area contributed by atoms with E-state index in [-0.39, 0.29) is 11.1 Å². The van der Waals surface area contributed by atoms with Gasteiger partial charge in [0.1, 0.15) is 0 Å². The smallest absolute Gasteiger partial charge is 0.250 e. The highest BCUT2D eigenvalue weighted by molar-refractivity contribution is 6.40. The number of hydrogen-bond donors (Lipinski definition) is 4. The van der Waals surface area contributed by atoms with Gasteiger partial charge in [-0.1, -0.05) is 58.5 Å². The summed E-state index contributed by atoms with van der Waals surface area (Å²) in [7, 11) is 11.4. The molecule has 16 heteroatoms. The number of unbranched alkanes of at least 4 members (excludes halogenated alkanes) is 3. The second-order valence-corrected chi connectivity index (χ2v) is 16.3. The Morgan fingerprint density at radius 1 is 0.541 bits per heavy atom. The molecule has 6 rings (SSSR count). The number of aromatic nitrogens is 2. The van der Waals surface area contributed by atoms with E-state index in [4.69, 9.17) is 65.4 Å². The molecule has 0 amide bonds. The molecule has 2 aromatic heterocycles. The summed E-state index contributed by atoms with van der Waals surface area (Å²) in [5.41, 5.74) is 2.79.